The van der Waals surface area contributed by atoms with Crippen LogP contribution in [-0.4, -0.2) is 0 Å². The lowest BCUT2D eigenvalue weighted by molar-refractivity contribution is -0.137. The van der Waals surface area contributed by atoms with Crippen LogP contribution in [0.4, 0.5) is 13.2 Å². The van der Waals surface area contributed by atoms with Crippen LogP contribution in [-0.2, 0) is 10.9 Å². The Labute approximate surface area is 98.0 Å². The van der Waals surface area contributed by atoms with E-state index in [0.717, 1.165) is 16.1 Å². The van der Waals surface area contributed by atoms with E-state index in [0.29, 0.717) is 5.56 Å². The highest BCUT2D eigenvalue weighted by Crippen LogP contribution is 2.52. The minimum Gasteiger partial charge on any atom is -0.356 e. The number of fused-ring (bicyclic) bond motifs is 5. The lowest BCUT2D eigenvalue weighted by Crippen LogP contribution is -2.07. The van der Waals surface area contributed by atoms with Crippen molar-refractivity contribution in [1.82, 2.24) is 0 Å². The maximum atomic E-state index is 12.5. The van der Waals surface area contributed by atoms with Gasteiger partial charge < -0.3 is 4.74 Å². The molecule has 2 bridgehead atoms. The second-order valence-corrected chi connectivity index (χ2v) is 4.75. The second-order valence-electron chi connectivity index (χ2n) is 3.83. The molecule has 16 heavy (non-hydrogen) atoms. The van der Waals surface area contributed by atoms with Crippen LogP contribution in [0.15, 0.2) is 28.8 Å². The molecule has 0 aromatic heterocycles. The molecule has 1 aromatic rings. The predicted octanol–water partition coefficient (Wildman–Crippen LogP) is 4.11. The van der Waals surface area contributed by atoms with Crippen molar-refractivity contribution in [3.63, 3.8) is 0 Å². The summed E-state index contributed by atoms with van der Waals surface area (Å²) >= 11 is 3.34. The number of alkyl halides is 3. The minimum absolute atomic E-state index is 0.220. The molecule has 1 nitrogen and oxygen atoms in total. The van der Waals surface area contributed by atoms with Gasteiger partial charge in [0, 0.05) is 4.48 Å². The maximum absolute atomic E-state index is 12.5. The van der Waals surface area contributed by atoms with Crippen molar-refractivity contribution in [2.24, 2.45) is 0 Å². The Kier molecular flexibility index (Phi) is 2.01. The van der Waals surface area contributed by atoms with Gasteiger partial charge in [0.2, 0.25) is 0 Å². The van der Waals surface area contributed by atoms with E-state index in [2.05, 4.69) is 15.9 Å². The molecule has 2 heterocycles. The van der Waals surface area contributed by atoms with Gasteiger partial charge >= 0.3 is 6.18 Å². The first-order chi connectivity index (χ1) is 7.47. The number of halogens is 4. The number of hydrogen-bond donors (Lipinski definition) is 0. The molecule has 2 aliphatic rings. The van der Waals surface area contributed by atoms with Crippen LogP contribution in [0.25, 0.3) is 0 Å². The van der Waals surface area contributed by atoms with Gasteiger partial charge in [-0.1, -0.05) is 22.0 Å². The highest BCUT2D eigenvalue weighted by Gasteiger charge is 2.40. The van der Waals surface area contributed by atoms with Gasteiger partial charge in [-0.2, -0.15) is 13.2 Å². The molecule has 0 saturated heterocycles. The minimum atomic E-state index is -4.29. The first kappa shape index (κ1) is 10.4. The first-order valence-electron chi connectivity index (χ1n) is 4.70. The summed E-state index contributed by atoms with van der Waals surface area (Å²) in [6.45, 7) is 0. The lowest BCUT2D eigenvalue weighted by atomic mass is 9.95. The monoisotopic (exact) mass is 290 g/mol. The zero-order valence-electron chi connectivity index (χ0n) is 7.88. The molecule has 0 saturated carbocycles. The van der Waals surface area contributed by atoms with E-state index < -0.39 is 11.7 Å². The van der Waals surface area contributed by atoms with Crippen molar-refractivity contribution in [2.75, 3.05) is 0 Å². The third-order valence-corrected chi connectivity index (χ3v) is 3.53. The molecule has 0 N–H and O–H groups in total. The zero-order valence-corrected chi connectivity index (χ0v) is 9.47. The van der Waals surface area contributed by atoms with Crippen molar-refractivity contribution in [1.29, 1.82) is 0 Å². The van der Waals surface area contributed by atoms with E-state index in [4.69, 9.17) is 4.74 Å². The second kappa shape index (κ2) is 3.11. The van der Waals surface area contributed by atoms with Crippen LogP contribution in [0, 0.1) is 0 Å². The van der Waals surface area contributed by atoms with Gasteiger partial charge in [0.05, 0.1) is 5.56 Å². The van der Waals surface area contributed by atoms with Crippen molar-refractivity contribution < 1.29 is 17.9 Å². The Balaban J connectivity index is 2.09. The summed E-state index contributed by atoms with van der Waals surface area (Å²) in [6, 6.07) is 3.77. The van der Waals surface area contributed by atoms with Crippen LogP contribution in [0.2, 0.25) is 0 Å². The molecule has 0 aliphatic carbocycles. The molecular formula is C11H6BrF3O. The molecule has 5 heteroatoms. The van der Waals surface area contributed by atoms with E-state index in [1.54, 1.807) is 6.08 Å². The molecule has 0 radical (unpaired) electrons. The largest absolute Gasteiger partial charge is 0.416 e. The van der Waals surface area contributed by atoms with Gasteiger partial charge in [-0.3, -0.25) is 0 Å². The first-order valence-corrected chi connectivity index (χ1v) is 5.50. The molecule has 3 rings (SSSR count). The van der Waals surface area contributed by atoms with Gasteiger partial charge in [0.1, 0.15) is 12.2 Å². The maximum Gasteiger partial charge on any atom is 0.416 e. The average Bonchev–Trinajstić information content (AvgIpc) is 2.73. The Morgan fingerprint density at radius 3 is 2.62 bits per heavy atom. The van der Waals surface area contributed by atoms with Crippen LogP contribution < -0.4 is 0 Å². The molecule has 0 amide bonds. The molecule has 84 valence electrons. The summed E-state index contributed by atoms with van der Waals surface area (Å²) in [5.41, 5.74) is 0.835. The fourth-order valence-corrected chi connectivity index (χ4v) is 2.70. The summed E-state index contributed by atoms with van der Waals surface area (Å²) in [5.74, 6) is 0. The topological polar surface area (TPSA) is 9.23 Å². The summed E-state index contributed by atoms with van der Waals surface area (Å²) in [6.07, 6.45) is -3.05. The van der Waals surface area contributed by atoms with Gasteiger partial charge in [0.15, 0.2) is 0 Å². The molecule has 2 atom stereocenters. The Hall–Kier alpha value is -0.810. The summed E-state index contributed by atoms with van der Waals surface area (Å²) < 4.78 is 43.9. The van der Waals surface area contributed by atoms with E-state index in [1.165, 1.54) is 12.1 Å². The standard InChI is InChI=1S/C11H6BrF3O/c12-8-4-9-7-3-5(11(13,14)15)1-2-6(7)10(8)16-9/h1-4,9-10H. The van der Waals surface area contributed by atoms with Crippen LogP contribution in [0.5, 0.6) is 0 Å². The van der Waals surface area contributed by atoms with E-state index in [-0.39, 0.29) is 12.2 Å². The average molecular weight is 291 g/mol. The van der Waals surface area contributed by atoms with Crippen LogP contribution in [0.1, 0.15) is 28.9 Å². The SMILES string of the molecule is FC(F)(F)c1ccc2c(c1)C1C=C(Br)C2O1. The van der Waals surface area contributed by atoms with Gasteiger partial charge in [0.25, 0.3) is 0 Å². The Bertz CT molecular complexity index is 492. The quantitative estimate of drug-likeness (QED) is 0.699. The van der Waals surface area contributed by atoms with Crippen molar-refractivity contribution >= 4 is 15.9 Å². The number of benzene rings is 1. The van der Waals surface area contributed by atoms with E-state index >= 15 is 0 Å². The van der Waals surface area contributed by atoms with Gasteiger partial charge in [-0.25, -0.2) is 0 Å². The van der Waals surface area contributed by atoms with E-state index in [1.807, 2.05) is 0 Å². The highest BCUT2D eigenvalue weighted by molar-refractivity contribution is 9.11. The third kappa shape index (κ3) is 1.34. The van der Waals surface area contributed by atoms with Crippen molar-refractivity contribution in [2.45, 2.75) is 18.4 Å². The third-order valence-electron chi connectivity index (χ3n) is 2.85. The molecule has 2 aliphatic heterocycles. The number of ether oxygens (including phenoxy) is 1. The number of rotatable bonds is 0. The van der Waals surface area contributed by atoms with Crippen molar-refractivity contribution in [3.8, 4) is 0 Å². The lowest BCUT2D eigenvalue weighted by Gasteiger charge is -2.13. The zero-order chi connectivity index (χ0) is 11.5. The van der Waals surface area contributed by atoms with Crippen LogP contribution in [0.3, 0.4) is 0 Å². The molecule has 0 spiro atoms. The molecular weight excluding hydrogens is 285 g/mol. The highest BCUT2D eigenvalue weighted by atomic mass is 79.9. The molecule has 0 fully saturated rings. The Morgan fingerprint density at radius 1 is 1.19 bits per heavy atom. The fraction of sp³-hybridized carbons (Fsp3) is 0.273. The normalized spacial score (nSPS) is 26.9. The summed E-state index contributed by atoms with van der Waals surface area (Å²) in [7, 11) is 0. The number of hydrogen-bond acceptors (Lipinski definition) is 1. The molecule has 2 unspecified atom stereocenters. The van der Waals surface area contributed by atoms with E-state index in [9.17, 15) is 13.2 Å². The Morgan fingerprint density at radius 2 is 1.94 bits per heavy atom. The van der Waals surface area contributed by atoms with Gasteiger partial charge in [-0.15, -0.1) is 0 Å². The summed E-state index contributed by atoms with van der Waals surface area (Å²) in [4.78, 5) is 0. The van der Waals surface area contributed by atoms with Crippen LogP contribution >= 0.6 is 15.9 Å². The predicted molar refractivity (Wildman–Crippen MR) is 55.0 cm³/mol. The van der Waals surface area contributed by atoms with Gasteiger partial charge in [-0.05, 0) is 29.3 Å². The molecule has 1 aromatic carbocycles. The smallest absolute Gasteiger partial charge is 0.356 e. The fourth-order valence-electron chi connectivity index (χ4n) is 2.10. The van der Waals surface area contributed by atoms with Crippen molar-refractivity contribution in [3.05, 3.63) is 45.4 Å². The summed E-state index contributed by atoms with van der Waals surface area (Å²) in [5, 5.41) is 0.